The lowest BCUT2D eigenvalue weighted by Gasteiger charge is -2.12. The lowest BCUT2D eigenvalue weighted by atomic mass is 10.00. The Balaban J connectivity index is 0.946. The van der Waals surface area contributed by atoms with E-state index in [4.69, 9.17) is 15.0 Å². The van der Waals surface area contributed by atoms with E-state index in [2.05, 4.69) is 258 Å². The molecule has 14 aromatic rings. The molecule has 326 valence electrons. The lowest BCUT2D eigenvalue weighted by molar-refractivity contribution is 0.953. The lowest BCUT2D eigenvalue weighted by Crippen LogP contribution is -2.06. The van der Waals surface area contributed by atoms with E-state index >= 15 is 0 Å². The van der Waals surface area contributed by atoms with E-state index in [-0.39, 0.29) is 0 Å². The summed E-state index contributed by atoms with van der Waals surface area (Å²) in [4.78, 5) is 16.0. The summed E-state index contributed by atoms with van der Waals surface area (Å²) >= 11 is 0. The molecule has 0 bridgehead atoms. The summed E-state index contributed by atoms with van der Waals surface area (Å²) in [6.45, 7) is 0. The number of aromatic nitrogens is 5. The van der Waals surface area contributed by atoms with Gasteiger partial charge in [0.1, 0.15) is 0 Å². The van der Waals surface area contributed by atoms with Crippen molar-refractivity contribution in [3.8, 4) is 67.8 Å². The molecule has 0 N–H and O–H groups in total. The Bertz CT molecular complexity index is 4180. The smallest absolute Gasteiger partial charge is 0.238 e. The van der Waals surface area contributed by atoms with E-state index in [1.165, 1.54) is 43.4 Å². The highest BCUT2D eigenvalue weighted by Crippen LogP contribution is 2.43. The van der Waals surface area contributed by atoms with Gasteiger partial charge in [0.05, 0.1) is 22.1 Å². The highest BCUT2D eigenvalue weighted by molar-refractivity contribution is 6.28. The molecule has 0 aliphatic rings. The minimum Gasteiger partial charge on any atom is -0.309 e. The molecule has 0 saturated carbocycles. The monoisotopic (exact) mass is 891 g/mol. The van der Waals surface area contributed by atoms with Gasteiger partial charge in [0, 0.05) is 38.4 Å². The summed E-state index contributed by atoms with van der Waals surface area (Å²) in [6.07, 6.45) is 0. The van der Waals surface area contributed by atoms with Gasteiger partial charge in [-0.15, -0.1) is 0 Å². The molecule has 3 heterocycles. The van der Waals surface area contributed by atoms with Gasteiger partial charge in [-0.05, 0) is 103 Å². The third-order valence-corrected chi connectivity index (χ3v) is 14.0. The Morgan fingerprint density at radius 3 is 1.17 bits per heavy atom. The van der Waals surface area contributed by atoms with Crippen LogP contribution in [0.1, 0.15) is 0 Å². The SMILES string of the molecule is c1ccc(-c2ccc(-n3c4ccccc4c4c5c6ccccc6n(-c6nc(-c7ccc(-c8ccc9ccccc9c8)cc7)nc(-c7ccc(-c8ccc9ccccc9c8)cc7)n6)c5ccc43)cc2)cc1. The fraction of sp³-hybridized carbons (Fsp3) is 0. The Kier molecular flexibility index (Phi) is 9.14. The van der Waals surface area contributed by atoms with Gasteiger partial charge in [0.15, 0.2) is 11.6 Å². The number of benzene rings is 11. The molecule has 0 radical (unpaired) electrons. The van der Waals surface area contributed by atoms with E-state index in [1.54, 1.807) is 0 Å². The summed E-state index contributed by atoms with van der Waals surface area (Å²) in [6, 6.07) is 88.8. The van der Waals surface area contributed by atoms with Crippen molar-refractivity contribution in [3.05, 3.63) is 249 Å². The van der Waals surface area contributed by atoms with Crippen LogP contribution in [0.2, 0.25) is 0 Å². The zero-order valence-electron chi connectivity index (χ0n) is 37.9. The standard InChI is InChI=1S/C65H41N5/c1-2-12-42(13-3-1)45-34-36-54(37-35-45)69-57-20-10-8-18-55(57)61-59(69)38-39-60-62(61)56-19-9-11-21-58(56)70(60)65-67-63(48-28-22-46(23-29-48)52-32-26-43-14-4-6-16-50(43)40-52)66-64(68-65)49-30-24-47(25-31-49)53-33-27-44-15-5-7-17-51(44)41-53/h1-41H. The first kappa shape index (κ1) is 39.7. The number of fused-ring (bicyclic) bond motifs is 9. The van der Waals surface area contributed by atoms with Crippen LogP contribution in [0, 0.1) is 0 Å². The quantitative estimate of drug-likeness (QED) is 0.160. The number of para-hydroxylation sites is 2. The first-order chi connectivity index (χ1) is 34.7. The number of nitrogens with zero attached hydrogens (tertiary/aromatic N) is 5. The van der Waals surface area contributed by atoms with Crippen LogP contribution in [0.3, 0.4) is 0 Å². The third-order valence-electron chi connectivity index (χ3n) is 14.0. The number of rotatable bonds is 7. The van der Waals surface area contributed by atoms with Gasteiger partial charge in [-0.3, -0.25) is 4.57 Å². The number of hydrogen-bond acceptors (Lipinski definition) is 3. The molecule has 0 unspecified atom stereocenters. The van der Waals surface area contributed by atoms with Crippen molar-refractivity contribution in [1.29, 1.82) is 0 Å². The van der Waals surface area contributed by atoms with Gasteiger partial charge in [0.2, 0.25) is 5.95 Å². The molecule has 14 rings (SSSR count). The average Bonchev–Trinajstić information content (AvgIpc) is 3.96. The van der Waals surface area contributed by atoms with Crippen molar-refractivity contribution in [2.24, 2.45) is 0 Å². The number of hydrogen-bond donors (Lipinski definition) is 0. The first-order valence-corrected chi connectivity index (χ1v) is 23.8. The van der Waals surface area contributed by atoms with Crippen LogP contribution in [0.25, 0.3) is 133 Å². The topological polar surface area (TPSA) is 48.5 Å². The van der Waals surface area contributed by atoms with E-state index < -0.39 is 0 Å². The van der Waals surface area contributed by atoms with Crippen molar-refractivity contribution in [2.45, 2.75) is 0 Å². The van der Waals surface area contributed by atoms with Gasteiger partial charge in [0.25, 0.3) is 0 Å². The van der Waals surface area contributed by atoms with Crippen LogP contribution in [-0.4, -0.2) is 24.1 Å². The Labute approximate surface area is 403 Å². The maximum Gasteiger partial charge on any atom is 0.238 e. The minimum absolute atomic E-state index is 0.558. The fourth-order valence-corrected chi connectivity index (χ4v) is 10.5. The van der Waals surface area contributed by atoms with Crippen LogP contribution in [0.4, 0.5) is 0 Å². The second-order valence-corrected chi connectivity index (χ2v) is 18.0. The summed E-state index contributed by atoms with van der Waals surface area (Å²) in [5, 5.41) is 9.56. The third kappa shape index (κ3) is 6.59. The van der Waals surface area contributed by atoms with Gasteiger partial charge in [-0.25, -0.2) is 4.98 Å². The highest BCUT2D eigenvalue weighted by atomic mass is 15.2. The second-order valence-electron chi connectivity index (χ2n) is 18.0. The van der Waals surface area contributed by atoms with Crippen LogP contribution in [0.15, 0.2) is 249 Å². The molecular weight excluding hydrogens is 851 g/mol. The maximum atomic E-state index is 5.37. The van der Waals surface area contributed by atoms with Crippen LogP contribution in [0.5, 0.6) is 0 Å². The summed E-state index contributed by atoms with van der Waals surface area (Å²) in [7, 11) is 0. The maximum absolute atomic E-state index is 5.37. The first-order valence-electron chi connectivity index (χ1n) is 23.8. The predicted octanol–water partition coefficient (Wildman–Crippen LogP) is 16.7. The van der Waals surface area contributed by atoms with E-state index in [0.717, 1.165) is 71.9 Å². The molecule has 11 aromatic carbocycles. The molecule has 0 atom stereocenters. The van der Waals surface area contributed by atoms with Crippen LogP contribution in [-0.2, 0) is 0 Å². The second kappa shape index (κ2) is 16.1. The fourth-order valence-electron chi connectivity index (χ4n) is 10.5. The summed E-state index contributed by atoms with van der Waals surface area (Å²) in [5.41, 5.74) is 14.2. The normalized spacial score (nSPS) is 11.7. The van der Waals surface area contributed by atoms with Crippen molar-refractivity contribution in [3.63, 3.8) is 0 Å². The van der Waals surface area contributed by atoms with Crippen LogP contribution < -0.4 is 0 Å². The summed E-state index contributed by atoms with van der Waals surface area (Å²) in [5.74, 6) is 1.76. The van der Waals surface area contributed by atoms with Gasteiger partial charge < -0.3 is 4.57 Å². The van der Waals surface area contributed by atoms with E-state index in [9.17, 15) is 0 Å². The largest absolute Gasteiger partial charge is 0.309 e. The zero-order chi connectivity index (χ0) is 46.1. The van der Waals surface area contributed by atoms with Crippen molar-refractivity contribution in [2.75, 3.05) is 0 Å². The Morgan fingerprint density at radius 2 is 0.629 bits per heavy atom. The molecular formula is C65H41N5. The van der Waals surface area contributed by atoms with Crippen molar-refractivity contribution < 1.29 is 0 Å². The molecule has 70 heavy (non-hydrogen) atoms. The molecule has 0 aliphatic carbocycles. The molecule has 5 nitrogen and oxygen atoms in total. The zero-order valence-corrected chi connectivity index (χ0v) is 37.9. The molecule has 0 saturated heterocycles. The predicted molar refractivity (Wildman–Crippen MR) is 291 cm³/mol. The van der Waals surface area contributed by atoms with Gasteiger partial charge in [-0.2, -0.15) is 9.97 Å². The molecule has 0 spiro atoms. The molecule has 0 aliphatic heterocycles. The average molecular weight is 892 g/mol. The highest BCUT2D eigenvalue weighted by Gasteiger charge is 2.23. The summed E-state index contributed by atoms with van der Waals surface area (Å²) < 4.78 is 4.62. The van der Waals surface area contributed by atoms with E-state index in [1.807, 2.05) is 0 Å². The van der Waals surface area contributed by atoms with Crippen LogP contribution >= 0.6 is 0 Å². The Hall–Kier alpha value is -9.45. The molecule has 3 aromatic heterocycles. The minimum atomic E-state index is 0.558. The van der Waals surface area contributed by atoms with Gasteiger partial charge in [-0.1, -0.05) is 200 Å². The van der Waals surface area contributed by atoms with Crippen molar-refractivity contribution in [1.82, 2.24) is 24.1 Å². The molecule has 5 heteroatoms. The molecule has 0 amide bonds. The van der Waals surface area contributed by atoms with Crippen molar-refractivity contribution >= 4 is 65.2 Å². The van der Waals surface area contributed by atoms with Gasteiger partial charge >= 0.3 is 0 Å². The molecule has 0 fully saturated rings. The Morgan fingerprint density at radius 1 is 0.243 bits per heavy atom. The van der Waals surface area contributed by atoms with E-state index in [0.29, 0.717) is 17.6 Å².